The number of rotatable bonds is 4. The smallest absolute Gasteiger partial charge is 0.493 e. The van der Waals surface area contributed by atoms with E-state index in [1.54, 1.807) is 0 Å². The van der Waals surface area contributed by atoms with Gasteiger partial charge in [-0.05, 0) is 30.2 Å². The lowest BCUT2D eigenvalue weighted by molar-refractivity contribution is 0.223. The van der Waals surface area contributed by atoms with Crippen LogP contribution in [-0.2, 0) is 11.1 Å². The molecule has 1 heterocycles. The Morgan fingerprint density at radius 1 is 0.957 bits per heavy atom. The van der Waals surface area contributed by atoms with Crippen molar-refractivity contribution in [3.63, 3.8) is 0 Å². The first kappa shape index (κ1) is 15.5. The van der Waals surface area contributed by atoms with Crippen LogP contribution in [0.5, 0.6) is 11.5 Å². The number of para-hydroxylation sites is 2. The summed E-state index contributed by atoms with van der Waals surface area (Å²) >= 11 is 0. The zero-order valence-electron chi connectivity index (χ0n) is 13.8. The van der Waals surface area contributed by atoms with E-state index in [9.17, 15) is 0 Å². The number of fused-ring (bicyclic) bond motifs is 1. The van der Waals surface area contributed by atoms with Gasteiger partial charge >= 0.3 is 7.32 Å². The lowest BCUT2D eigenvalue weighted by Gasteiger charge is -2.24. The number of benzene rings is 2. The van der Waals surface area contributed by atoms with Crippen LogP contribution < -0.4 is 9.31 Å². The molecule has 23 heavy (non-hydrogen) atoms. The van der Waals surface area contributed by atoms with Gasteiger partial charge in [-0.15, -0.1) is 0 Å². The van der Waals surface area contributed by atoms with Gasteiger partial charge in [-0.1, -0.05) is 63.2 Å². The molecule has 0 bridgehead atoms. The highest BCUT2D eigenvalue weighted by atomic mass is 16.8. The molecule has 4 heteroatoms. The van der Waals surface area contributed by atoms with Crippen molar-refractivity contribution in [2.24, 2.45) is 5.41 Å². The first-order chi connectivity index (χ1) is 11.0. The summed E-state index contributed by atoms with van der Waals surface area (Å²) in [6.07, 6.45) is 2.91. The average molecular weight is 308 g/mol. The lowest BCUT2D eigenvalue weighted by Crippen LogP contribution is -2.31. The summed E-state index contributed by atoms with van der Waals surface area (Å²) in [7, 11) is -0.728. The summed E-state index contributed by atoms with van der Waals surface area (Å²) in [4.78, 5) is 0. The van der Waals surface area contributed by atoms with E-state index >= 15 is 0 Å². The third kappa shape index (κ3) is 3.89. The Labute approximate surface area is 138 Å². The molecule has 0 aromatic heterocycles. The second kappa shape index (κ2) is 6.41. The Bertz CT molecular complexity index is 664. The summed E-state index contributed by atoms with van der Waals surface area (Å²) < 4.78 is 17.4. The Kier molecular flexibility index (Phi) is 4.33. The van der Waals surface area contributed by atoms with Gasteiger partial charge in [0.15, 0.2) is 0 Å². The molecule has 0 aliphatic carbocycles. The first-order valence-corrected chi connectivity index (χ1v) is 7.86. The van der Waals surface area contributed by atoms with Crippen molar-refractivity contribution in [1.29, 1.82) is 0 Å². The summed E-state index contributed by atoms with van der Waals surface area (Å²) in [5, 5.41) is 0. The SMILES string of the molecule is CC(C)(C)/C(=C/Cc1ccccc1)OB1Oc2ccccc2O1. The molecular formula is C19H21BO3. The fourth-order valence-corrected chi connectivity index (χ4v) is 2.38. The van der Waals surface area contributed by atoms with Gasteiger partial charge in [0, 0.05) is 5.41 Å². The van der Waals surface area contributed by atoms with E-state index in [0.717, 1.165) is 12.2 Å². The minimum Gasteiger partial charge on any atom is -0.493 e. The number of hydrogen-bond acceptors (Lipinski definition) is 3. The van der Waals surface area contributed by atoms with Crippen LogP contribution in [0.15, 0.2) is 66.4 Å². The highest BCUT2D eigenvalue weighted by Crippen LogP contribution is 2.35. The van der Waals surface area contributed by atoms with Crippen molar-refractivity contribution in [3.05, 3.63) is 72.0 Å². The van der Waals surface area contributed by atoms with Gasteiger partial charge in [0.05, 0.1) is 5.76 Å². The van der Waals surface area contributed by atoms with Crippen LogP contribution in [0.3, 0.4) is 0 Å². The normalized spacial score (nSPS) is 14.0. The topological polar surface area (TPSA) is 27.7 Å². The molecule has 3 nitrogen and oxygen atoms in total. The van der Waals surface area contributed by atoms with Crippen LogP contribution in [0.25, 0.3) is 0 Å². The van der Waals surface area contributed by atoms with Crippen molar-refractivity contribution < 1.29 is 14.0 Å². The number of allylic oxidation sites excluding steroid dienone is 2. The molecule has 1 aliphatic heterocycles. The highest BCUT2D eigenvalue weighted by Gasteiger charge is 2.39. The molecule has 0 saturated heterocycles. The van der Waals surface area contributed by atoms with Crippen molar-refractivity contribution >= 4 is 7.32 Å². The molecule has 0 amide bonds. The lowest BCUT2D eigenvalue weighted by atomic mass is 9.91. The molecule has 0 unspecified atom stereocenters. The predicted molar refractivity (Wildman–Crippen MR) is 92.2 cm³/mol. The van der Waals surface area contributed by atoms with Crippen molar-refractivity contribution in [2.75, 3.05) is 0 Å². The van der Waals surface area contributed by atoms with Crippen LogP contribution in [-0.4, -0.2) is 7.32 Å². The van der Waals surface area contributed by atoms with E-state index in [1.807, 2.05) is 42.5 Å². The third-order valence-corrected chi connectivity index (χ3v) is 3.62. The van der Waals surface area contributed by atoms with Gasteiger partial charge in [-0.3, -0.25) is 0 Å². The van der Waals surface area contributed by atoms with Crippen LogP contribution >= 0.6 is 0 Å². The molecule has 3 rings (SSSR count). The maximum atomic E-state index is 6.00. The third-order valence-electron chi connectivity index (χ3n) is 3.62. The molecule has 0 N–H and O–H groups in total. The Hall–Kier alpha value is -2.36. The second-order valence-corrected chi connectivity index (χ2v) is 6.60. The maximum absolute atomic E-state index is 6.00. The van der Waals surface area contributed by atoms with Crippen LogP contribution in [0.4, 0.5) is 0 Å². The minimum absolute atomic E-state index is 0.129. The molecule has 2 aromatic carbocycles. The van der Waals surface area contributed by atoms with E-state index < -0.39 is 7.32 Å². The fraction of sp³-hybridized carbons (Fsp3) is 0.263. The molecule has 0 fully saturated rings. The van der Waals surface area contributed by atoms with Crippen molar-refractivity contribution in [3.8, 4) is 11.5 Å². The zero-order valence-corrected chi connectivity index (χ0v) is 13.8. The molecule has 0 spiro atoms. The van der Waals surface area contributed by atoms with Crippen LogP contribution in [0.1, 0.15) is 26.3 Å². The first-order valence-electron chi connectivity index (χ1n) is 7.86. The molecule has 2 aromatic rings. The van der Waals surface area contributed by atoms with E-state index in [0.29, 0.717) is 11.5 Å². The van der Waals surface area contributed by atoms with Crippen LogP contribution in [0, 0.1) is 5.41 Å². The molecule has 0 atom stereocenters. The molecular weight excluding hydrogens is 287 g/mol. The molecule has 1 aliphatic rings. The molecule has 118 valence electrons. The highest BCUT2D eigenvalue weighted by molar-refractivity contribution is 6.40. The summed E-state index contributed by atoms with van der Waals surface area (Å²) in [6, 6.07) is 17.9. The standard InChI is InChI=1S/C19H21BO3/c1-19(2,3)18(14-13-15-9-5-4-6-10-15)23-20-21-16-11-7-8-12-17(16)22-20/h4-12,14H,13H2,1-3H3/b18-14-. The van der Waals surface area contributed by atoms with E-state index in [4.69, 9.17) is 14.0 Å². The van der Waals surface area contributed by atoms with Gasteiger partial charge < -0.3 is 14.0 Å². The number of hydrogen-bond donors (Lipinski definition) is 0. The second-order valence-electron chi connectivity index (χ2n) is 6.60. The van der Waals surface area contributed by atoms with E-state index in [1.165, 1.54) is 5.56 Å². The van der Waals surface area contributed by atoms with Gasteiger partial charge in [0.1, 0.15) is 11.5 Å². The minimum atomic E-state index is -0.728. The fourth-order valence-electron chi connectivity index (χ4n) is 2.38. The van der Waals surface area contributed by atoms with Gasteiger partial charge in [0.25, 0.3) is 0 Å². The Morgan fingerprint density at radius 3 is 2.09 bits per heavy atom. The van der Waals surface area contributed by atoms with Gasteiger partial charge in [0.2, 0.25) is 0 Å². The zero-order chi connectivity index (χ0) is 16.3. The maximum Gasteiger partial charge on any atom is 0.864 e. The monoisotopic (exact) mass is 308 g/mol. The van der Waals surface area contributed by atoms with E-state index in [2.05, 4.69) is 39.0 Å². The molecule has 0 saturated carbocycles. The average Bonchev–Trinajstić information content (AvgIpc) is 2.94. The summed E-state index contributed by atoms with van der Waals surface area (Å²) in [6.45, 7) is 6.35. The molecule has 0 radical (unpaired) electrons. The Balaban J connectivity index is 1.71. The van der Waals surface area contributed by atoms with Gasteiger partial charge in [-0.2, -0.15) is 0 Å². The predicted octanol–water partition coefficient (Wildman–Crippen LogP) is 4.63. The summed E-state index contributed by atoms with van der Waals surface area (Å²) in [5.41, 5.74) is 1.12. The Morgan fingerprint density at radius 2 is 1.52 bits per heavy atom. The van der Waals surface area contributed by atoms with Crippen molar-refractivity contribution in [1.82, 2.24) is 0 Å². The quantitative estimate of drug-likeness (QED) is 0.609. The van der Waals surface area contributed by atoms with E-state index in [-0.39, 0.29) is 5.41 Å². The summed E-state index contributed by atoms with van der Waals surface area (Å²) in [5.74, 6) is 2.29. The van der Waals surface area contributed by atoms with Gasteiger partial charge in [-0.25, -0.2) is 0 Å². The van der Waals surface area contributed by atoms with Crippen LogP contribution in [0.2, 0.25) is 0 Å². The van der Waals surface area contributed by atoms with Crippen molar-refractivity contribution in [2.45, 2.75) is 27.2 Å². The largest absolute Gasteiger partial charge is 0.864 e.